The van der Waals surface area contributed by atoms with Crippen molar-refractivity contribution in [3.63, 3.8) is 0 Å². The van der Waals surface area contributed by atoms with Gasteiger partial charge in [-0.3, -0.25) is 20.2 Å². The molecule has 0 fully saturated rings. The molecule has 3 aromatic heterocycles. The number of carbonyl (C=O) groups is 1. The number of urea groups is 1. The van der Waals surface area contributed by atoms with Gasteiger partial charge in [0.1, 0.15) is 0 Å². The monoisotopic (exact) mass is 525 g/mol. The van der Waals surface area contributed by atoms with E-state index in [2.05, 4.69) is 57.5 Å². The number of aromatic amines is 1. The van der Waals surface area contributed by atoms with Crippen molar-refractivity contribution >= 4 is 12.0 Å². The topological polar surface area (TPSA) is 119 Å². The second-order valence-electron chi connectivity index (χ2n) is 10.1. The minimum Gasteiger partial charge on any atom is -0.392 e. The third-order valence-electron chi connectivity index (χ3n) is 7.28. The number of aryl methyl sites for hydroxylation is 3. The van der Waals surface area contributed by atoms with Crippen LogP contribution >= 0.6 is 0 Å². The number of amides is 2. The summed E-state index contributed by atoms with van der Waals surface area (Å²) in [5.74, 6) is 0.385. The number of hydrogen-bond acceptors (Lipinski definition) is 6. The Morgan fingerprint density at radius 2 is 2.00 bits per heavy atom. The van der Waals surface area contributed by atoms with E-state index in [0.29, 0.717) is 25.6 Å². The van der Waals surface area contributed by atoms with Gasteiger partial charge < -0.3 is 15.4 Å². The highest BCUT2D eigenvalue weighted by atomic mass is 16.3. The van der Waals surface area contributed by atoms with E-state index >= 15 is 0 Å². The van der Waals surface area contributed by atoms with Gasteiger partial charge in [0.25, 0.3) is 0 Å². The van der Waals surface area contributed by atoms with Gasteiger partial charge in [0.2, 0.25) is 5.95 Å². The van der Waals surface area contributed by atoms with Crippen LogP contribution < -0.4 is 10.6 Å². The van der Waals surface area contributed by atoms with Gasteiger partial charge in [-0.25, -0.2) is 9.78 Å². The zero-order valence-corrected chi connectivity index (χ0v) is 22.4. The van der Waals surface area contributed by atoms with Gasteiger partial charge in [0, 0.05) is 44.4 Å². The van der Waals surface area contributed by atoms with Crippen LogP contribution in [-0.2, 0) is 32.7 Å². The maximum atomic E-state index is 12.2. The van der Waals surface area contributed by atoms with Gasteiger partial charge in [-0.05, 0) is 72.6 Å². The maximum Gasteiger partial charge on any atom is 0.321 e. The van der Waals surface area contributed by atoms with Crippen LogP contribution in [-0.4, -0.2) is 36.0 Å². The number of aromatic nitrogens is 4. The Morgan fingerprint density at radius 1 is 1.10 bits per heavy atom. The summed E-state index contributed by atoms with van der Waals surface area (Å²) in [4.78, 5) is 31.0. The number of carbonyl (C=O) groups excluding carboxylic acids is 1. The summed E-state index contributed by atoms with van der Waals surface area (Å²) in [5, 5.41) is 15.8. The highest BCUT2D eigenvalue weighted by Crippen LogP contribution is 2.35. The third kappa shape index (κ3) is 6.50. The minimum atomic E-state index is -0.352. The third-order valence-corrected chi connectivity index (χ3v) is 7.28. The highest BCUT2D eigenvalue weighted by molar-refractivity contribution is 5.87. The van der Waals surface area contributed by atoms with Crippen LogP contribution in [0.5, 0.6) is 0 Å². The molecule has 9 heteroatoms. The lowest BCUT2D eigenvalue weighted by Crippen LogP contribution is -2.32. The number of aliphatic hydroxyl groups is 1. The Bertz CT molecular complexity index is 1420. The van der Waals surface area contributed by atoms with Crippen LogP contribution in [0.3, 0.4) is 0 Å². The molecule has 4 aromatic rings. The zero-order chi connectivity index (χ0) is 27.2. The van der Waals surface area contributed by atoms with Gasteiger partial charge in [-0.15, -0.1) is 0 Å². The normalized spacial score (nSPS) is 14.7. The van der Waals surface area contributed by atoms with Crippen molar-refractivity contribution in [2.45, 2.75) is 65.4 Å². The summed E-state index contributed by atoms with van der Waals surface area (Å²) < 4.78 is 0. The summed E-state index contributed by atoms with van der Waals surface area (Å²) in [7, 11) is 0. The number of imidazole rings is 1. The summed E-state index contributed by atoms with van der Waals surface area (Å²) in [6, 6.07) is 12.2. The summed E-state index contributed by atoms with van der Waals surface area (Å²) in [5.41, 5.74) is 8.63. The van der Waals surface area contributed by atoms with E-state index in [4.69, 9.17) is 9.97 Å². The first-order valence-corrected chi connectivity index (χ1v) is 13.4. The fraction of sp³-hybridized carbons (Fsp3) is 0.333. The van der Waals surface area contributed by atoms with Crippen molar-refractivity contribution in [3.05, 3.63) is 106 Å². The lowest BCUT2D eigenvalue weighted by molar-refractivity contribution is 0.153. The van der Waals surface area contributed by atoms with Gasteiger partial charge >= 0.3 is 6.03 Å². The summed E-state index contributed by atoms with van der Waals surface area (Å²) in [6.45, 7) is 5.76. The Balaban J connectivity index is 1.37. The number of rotatable bonds is 9. The van der Waals surface area contributed by atoms with Crippen LogP contribution in [0.2, 0.25) is 0 Å². The van der Waals surface area contributed by atoms with Gasteiger partial charge in [-0.2, -0.15) is 0 Å². The Morgan fingerprint density at radius 3 is 2.79 bits per heavy atom. The van der Waals surface area contributed by atoms with Crippen LogP contribution in [0.25, 0.3) is 0 Å². The van der Waals surface area contributed by atoms with Crippen molar-refractivity contribution in [2.24, 2.45) is 0 Å². The van der Waals surface area contributed by atoms with Gasteiger partial charge in [-0.1, -0.05) is 30.3 Å². The maximum absolute atomic E-state index is 12.2. The number of fused-ring (bicyclic) bond motifs is 1. The lowest BCUT2D eigenvalue weighted by Gasteiger charge is -2.35. The van der Waals surface area contributed by atoms with Crippen LogP contribution in [0.1, 0.15) is 63.7 Å². The second kappa shape index (κ2) is 12.2. The first-order chi connectivity index (χ1) is 19.0. The molecule has 5 rings (SSSR count). The molecule has 9 nitrogen and oxygen atoms in total. The molecular formula is C30H35N7O2. The standard InChI is InChI=1S/C30H35N7O2/c1-20-13-21(2)26(34-15-20)18-37(27-7-3-5-23-6-4-10-31-28(23)27)17-24-9-8-22(14-25(24)19-38)16-35-30(39)36-29-32-11-12-33-29/h4,6,8-15,27,38H,3,5,7,16-19H2,1-2H3,(H3,32,33,35,36,39)/t27-/m0/s1. The number of hydrogen-bond donors (Lipinski definition) is 4. The molecule has 202 valence electrons. The molecule has 0 unspecified atom stereocenters. The largest absolute Gasteiger partial charge is 0.392 e. The first kappa shape index (κ1) is 26.5. The van der Waals surface area contributed by atoms with Crippen LogP contribution in [0.15, 0.2) is 61.2 Å². The zero-order valence-electron chi connectivity index (χ0n) is 22.4. The molecule has 0 aliphatic heterocycles. The molecule has 39 heavy (non-hydrogen) atoms. The Hall–Kier alpha value is -4.08. The molecule has 0 saturated heterocycles. The fourth-order valence-electron chi connectivity index (χ4n) is 5.30. The molecule has 1 aliphatic rings. The van der Waals surface area contributed by atoms with Crippen molar-refractivity contribution < 1.29 is 9.90 Å². The molecule has 0 saturated carbocycles. The number of anilines is 1. The van der Waals surface area contributed by atoms with E-state index in [0.717, 1.165) is 52.9 Å². The number of pyridine rings is 2. The van der Waals surface area contributed by atoms with E-state index in [1.165, 1.54) is 11.1 Å². The Labute approximate surface area is 228 Å². The number of nitrogens with zero attached hydrogens (tertiary/aromatic N) is 4. The number of H-pyrrole nitrogens is 1. The van der Waals surface area contributed by atoms with E-state index < -0.39 is 0 Å². The fourth-order valence-corrected chi connectivity index (χ4v) is 5.30. The molecule has 0 radical (unpaired) electrons. The molecule has 1 aliphatic carbocycles. The SMILES string of the molecule is Cc1cnc(CN(Cc2ccc(CNC(=O)Nc3ncc[nH]3)cc2CO)[C@H]2CCCc3cccnc32)c(C)c1. The molecule has 3 heterocycles. The molecule has 0 bridgehead atoms. The quantitative estimate of drug-likeness (QED) is 0.251. The first-order valence-electron chi connectivity index (χ1n) is 13.4. The lowest BCUT2D eigenvalue weighted by atomic mass is 9.90. The second-order valence-corrected chi connectivity index (χ2v) is 10.1. The molecule has 1 aromatic carbocycles. The molecule has 0 spiro atoms. The molecule has 4 N–H and O–H groups in total. The van der Waals surface area contributed by atoms with E-state index in [1.54, 1.807) is 12.4 Å². The van der Waals surface area contributed by atoms with Crippen molar-refractivity contribution in [2.75, 3.05) is 5.32 Å². The smallest absolute Gasteiger partial charge is 0.321 e. The van der Waals surface area contributed by atoms with E-state index in [1.807, 2.05) is 30.6 Å². The minimum absolute atomic E-state index is 0.0864. The summed E-state index contributed by atoms with van der Waals surface area (Å²) in [6.07, 6.45) is 10.2. The predicted octanol–water partition coefficient (Wildman–Crippen LogP) is 4.71. The van der Waals surface area contributed by atoms with Crippen LogP contribution in [0.4, 0.5) is 10.7 Å². The van der Waals surface area contributed by atoms with Crippen molar-refractivity contribution in [3.8, 4) is 0 Å². The molecule has 1 atom stereocenters. The number of nitrogens with one attached hydrogen (secondary N) is 3. The van der Waals surface area contributed by atoms with Gasteiger partial charge in [0.05, 0.1) is 24.0 Å². The average molecular weight is 526 g/mol. The predicted molar refractivity (Wildman–Crippen MR) is 150 cm³/mol. The van der Waals surface area contributed by atoms with Crippen molar-refractivity contribution in [1.29, 1.82) is 0 Å². The molecule has 2 amide bonds. The van der Waals surface area contributed by atoms with E-state index in [9.17, 15) is 9.90 Å². The van der Waals surface area contributed by atoms with Gasteiger partial charge in [0.15, 0.2) is 0 Å². The number of benzene rings is 1. The van der Waals surface area contributed by atoms with E-state index in [-0.39, 0.29) is 18.7 Å². The highest BCUT2D eigenvalue weighted by Gasteiger charge is 2.28. The molecular weight excluding hydrogens is 490 g/mol. The van der Waals surface area contributed by atoms with Crippen molar-refractivity contribution in [1.82, 2.24) is 30.2 Å². The number of aliphatic hydroxyl groups excluding tert-OH is 1. The summed E-state index contributed by atoms with van der Waals surface area (Å²) >= 11 is 0. The van der Waals surface area contributed by atoms with Crippen LogP contribution in [0, 0.1) is 13.8 Å². The Kier molecular flexibility index (Phi) is 8.29. The average Bonchev–Trinajstić information content (AvgIpc) is 3.46.